The van der Waals surface area contributed by atoms with E-state index in [2.05, 4.69) is 15.3 Å². The van der Waals surface area contributed by atoms with Crippen molar-refractivity contribution in [2.24, 2.45) is 0 Å². The van der Waals surface area contributed by atoms with Gasteiger partial charge in [0.25, 0.3) is 5.69 Å². The van der Waals surface area contributed by atoms with Gasteiger partial charge in [-0.25, -0.2) is 4.68 Å². The highest BCUT2D eigenvalue weighted by atomic mass is 16.6. The highest BCUT2D eigenvalue weighted by Gasteiger charge is 2.19. The third kappa shape index (κ3) is 2.51. The van der Waals surface area contributed by atoms with Gasteiger partial charge in [-0.05, 0) is 24.6 Å². The maximum atomic E-state index is 11.0. The molecule has 8 heteroatoms. The number of nitro benzene ring substituents is 1. The highest BCUT2D eigenvalue weighted by Crippen LogP contribution is 2.27. The topological polar surface area (TPSA) is 111 Å². The Morgan fingerprint density at radius 2 is 2.17 bits per heavy atom. The van der Waals surface area contributed by atoms with Crippen molar-refractivity contribution >= 4 is 5.69 Å². The fraction of sp³-hybridized carbons (Fsp3) is 0.0667. The van der Waals surface area contributed by atoms with Crippen molar-refractivity contribution in [2.75, 3.05) is 0 Å². The zero-order valence-corrected chi connectivity index (χ0v) is 12.0. The standard InChI is InChI=1S/C15H10N6O2/c1-10-4-5-12(21(22)23)7-14(10)20-15(13(8-16)18-19-20)11-3-2-6-17-9-11/h2-7,9H,1H3. The molecule has 0 amide bonds. The van der Waals surface area contributed by atoms with Gasteiger partial charge in [-0.15, -0.1) is 5.10 Å². The van der Waals surface area contributed by atoms with E-state index in [0.717, 1.165) is 5.56 Å². The summed E-state index contributed by atoms with van der Waals surface area (Å²) in [6.07, 6.45) is 3.20. The first kappa shape index (κ1) is 14.3. The molecular formula is C15H10N6O2. The molecule has 112 valence electrons. The summed E-state index contributed by atoms with van der Waals surface area (Å²) in [5.41, 5.74) is 2.44. The second-order valence-electron chi connectivity index (χ2n) is 4.78. The number of hydrogen-bond acceptors (Lipinski definition) is 6. The third-order valence-corrected chi connectivity index (χ3v) is 3.34. The fourth-order valence-corrected chi connectivity index (χ4v) is 2.23. The number of rotatable bonds is 3. The monoisotopic (exact) mass is 306 g/mol. The van der Waals surface area contributed by atoms with Gasteiger partial charge in [-0.2, -0.15) is 5.26 Å². The largest absolute Gasteiger partial charge is 0.271 e. The van der Waals surface area contributed by atoms with Crippen LogP contribution in [0.5, 0.6) is 0 Å². The van der Waals surface area contributed by atoms with E-state index in [-0.39, 0.29) is 11.4 Å². The summed E-state index contributed by atoms with van der Waals surface area (Å²) < 4.78 is 1.43. The van der Waals surface area contributed by atoms with E-state index in [1.807, 2.05) is 6.07 Å². The molecule has 0 bridgehead atoms. The number of nitrogens with zero attached hydrogens (tertiary/aromatic N) is 6. The lowest BCUT2D eigenvalue weighted by Gasteiger charge is -2.09. The Labute approximate surface area is 130 Å². The predicted octanol–water partition coefficient (Wildman–Crippen LogP) is 2.42. The number of nitro groups is 1. The van der Waals surface area contributed by atoms with Crippen LogP contribution in [0.3, 0.4) is 0 Å². The molecule has 0 fully saturated rings. The number of benzene rings is 1. The number of nitriles is 1. The zero-order valence-electron chi connectivity index (χ0n) is 12.0. The molecule has 0 aliphatic rings. The second-order valence-corrected chi connectivity index (χ2v) is 4.78. The van der Waals surface area contributed by atoms with E-state index in [9.17, 15) is 15.4 Å². The summed E-state index contributed by atoms with van der Waals surface area (Å²) in [6.45, 7) is 1.81. The molecule has 2 aromatic heterocycles. The second kappa shape index (κ2) is 5.65. The van der Waals surface area contributed by atoms with Crippen LogP contribution in [0.15, 0.2) is 42.7 Å². The van der Waals surface area contributed by atoms with Crippen LogP contribution in [0.2, 0.25) is 0 Å². The Balaban J connectivity index is 2.27. The lowest BCUT2D eigenvalue weighted by molar-refractivity contribution is -0.384. The molecule has 0 unspecified atom stereocenters. The van der Waals surface area contributed by atoms with E-state index < -0.39 is 4.92 Å². The van der Waals surface area contributed by atoms with Crippen LogP contribution < -0.4 is 0 Å². The number of aromatic nitrogens is 4. The smallest absolute Gasteiger partial charge is 0.264 e. The van der Waals surface area contributed by atoms with Crippen molar-refractivity contribution in [1.82, 2.24) is 20.0 Å². The summed E-state index contributed by atoms with van der Waals surface area (Å²) in [6, 6.07) is 9.95. The van der Waals surface area contributed by atoms with Crippen LogP contribution in [0.25, 0.3) is 16.9 Å². The fourth-order valence-electron chi connectivity index (χ4n) is 2.23. The zero-order chi connectivity index (χ0) is 16.4. The predicted molar refractivity (Wildman–Crippen MR) is 80.7 cm³/mol. The van der Waals surface area contributed by atoms with E-state index in [1.54, 1.807) is 37.5 Å². The van der Waals surface area contributed by atoms with Crippen molar-refractivity contribution in [3.63, 3.8) is 0 Å². The first-order valence-corrected chi connectivity index (χ1v) is 6.63. The summed E-state index contributed by atoms with van der Waals surface area (Å²) in [7, 11) is 0. The Morgan fingerprint density at radius 3 is 2.83 bits per heavy atom. The normalized spacial score (nSPS) is 10.3. The first-order chi connectivity index (χ1) is 11.1. The molecule has 23 heavy (non-hydrogen) atoms. The lowest BCUT2D eigenvalue weighted by Crippen LogP contribution is -2.03. The van der Waals surface area contributed by atoms with Gasteiger partial charge in [0, 0.05) is 30.1 Å². The molecule has 0 N–H and O–H groups in total. The molecule has 3 aromatic rings. The average molecular weight is 306 g/mol. The number of aryl methyl sites for hydroxylation is 1. The van der Waals surface area contributed by atoms with Crippen molar-refractivity contribution in [1.29, 1.82) is 5.26 Å². The van der Waals surface area contributed by atoms with Gasteiger partial charge in [0.2, 0.25) is 0 Å². The number of non-ortho nitro benzene ring substituents is 1. The van der Waals surface area contributed by atoms with Crippen molar-refractivity contribution < 1.29 is 4.92 Å². The maximum absolute atomic E-state index is 11.0. The molecule has 0 saturated heterocycles. The van der Waals surface area contributed by atoms with E-state index in [0.29, 0.717) is 16.9 Å². The minimum absolute atomic E-state index is 0.0586. The van der Waals surface area contributed by atoms with Gasteiger partial charge < -0.3 is 0 Å². The summed E-state index contributed by atoms with van der Waals surface area (Å²) in [5, 5.41) is 28.1. The van der Waals surface area contributed by atoms with Gasteiger partial charge in [0.15, 0.2) is 5.69 Å². The molecule has 0 saturated carbocycles. The Kier molecular flexibility index (Phi) is 3.52. The van der Waals surface area contributed by atoms with Gasteiger partial charge in [-0.1, -0.05) is 11.3 Å². The minimum Gasteiger partial charge on any atom is -0.264 e. The SMILES string of the molecule is Cc1ccc([N+](=O)[O-])cc1-n1nnc(C#N)c1-c1cccnc1. The third-order valence-electron chi connectivity index (χ3n) is 3.34. The summed E-state index contributed by atoms with van der Waals surface area (Å²) >= 11 is 0. The van der Waals surface area contributed by atoms with Crippen molar-refractivity contribution in [2.45, 2.75) is 6.92 Å². The van der Waals surface area contributed by atoms with Gasteiger partial charge in [0.1, 0.15) is 11.8 Å². The van der Waals surface area contributed by atoms with Crippen LogP contribution in [0.1, 0.15) is 11.3 Å². The van der Waals surface area contributed by atoms with Crippen LogP contribution in [-0.4, -0.2) is 24.9 Å². The van der Waals surface area contributed by atoms with Gasteiger partial charge in [-0.3, -0.25) is 15.1 Å². The average Bonchev–Trinajstić information content (AvgIpc) is 2.99. The molecule has 0 atom stereocenters. The van der Waals surface area contributed by atoms with Crippen LogP contribution in [-0.2, 0) is 0 Å². The highest BCUT2D eigenvalue weighted by molar-refractivity contribution is 5.67. The Morgan fingerprint density at radius 1 is 1.35 bits per heavy atom. The molecule has 8 nitrogen and oxygen atoms in total. The molecule has 0 aliphatic carbocycles. The molecular weight excluding hydrogens is 296 g/mol. The van der Waals surface area contributed by atoms with Crippen LogP contribution >= 0.6 is 0 Å². The summed E-state index contributed by atoms with van der Waals surface area (Å²) in [4.78, 5) is 14.6. The minimum atomic E-state index is -0.477. The van der Waals surface area contributed by atoms with Gasteiger partial charge in [0.05, 0.1) is 10.6 Å². The molecule has 3 rings (SSSR count). The van der Waals surface area contributed by atoms with Crippen molar-refractivity contribution in [3.8, 4) is 23.0 Å². The van der Waals surface area contributed by atoms with Crippen molar-refractivity contribution in [3.05, 3.63) is 64.1 Å². The van der Waals surface area contributed by atoms with E-state index >= 15 is 0 Å². The maximum Gasteiger partial charge on any atom is 0.271 e. The first-order valence-electron chi connectivity index (χ1n) is 6.63. The van der Waals surface area contributed by atoms with E-state index in [1.165, 1.54) is 16.8 Å². The molecule has 0 spiro atoms. The Bertz CT molecular complexity index is 927. The summed E-state index contributed by atoms with van der Waals surface area (Å²) in [5.74, 6) is 0. The van der Waals surface area contributed by atoms with E-state index in [4.69, 9.17) is 0 Å². The molecule has 0 aliphatic heterocycles. The molecule has 1 aromatic carbocycles. The molecule has 0 radical (unpaired) electrons. The number of pyridine rings is 1. The quantitative estimate of drug-likeness (QED) is 0.542. The van der Waals surface area contributed by atoms with Crippen LogP contribution in [0, 0.1) is 28.4 Å². The Hall–Kier alpha value is -3.60. The molecule has 2 heterocycles. The van der Waals surface area contributed by atoms with Crippen LogP contribution in [0.4, 0.5) is 5.69 Å². The van der Waals surface area contributed by atoms with Gasteiger partial charge >= 0.3 is 0 Å². The number of hydrogen-bond donors (Lipinski definition) is 0. The lowest BCUT2D eigenvalue weighted by atomic mass is 10.1.